The molecule has 0 spiro atoms. The molecule has 1 aromatic heterocycles. The minimum Gasteiger partial charge on any atom is -0.469 e. The Bertz CT molecular complexity index is 593. The lowest BCUT2D eigenvalue weighted by Crippen LogP contribution is -2.17. The maximum absolute atomic E-state index is 11.5. The van der Waals surface area contributed by atoms with Crippen LogP contribution in [0, 0.1) is 0 Å². The molecule has 0 radical (unpaired) electrons. The van der Waals surface area contributed by atoms with Crippen LogP contribution in [0.4, 0.5) is 0 Å². The van der Waals surface area contributed by atoms with Crippen LogP contribution in [0.15, 0.2) is 36.7 Å². The van der Waals surface area contributed by atoms with Crippen molar-refractivity contribution in [1.29, 1.82) is 0 Å². The summed E-state index contributed by atoms with van der Waals surface area (Å²) >= 11 is 0. The van der Waals surface area contributed by atoms with E-state index in [9.17, 15) is 4.79 Å². The molecule has 2 rings (SSSR count). The fraction of sp³-hybridized carbons (Fsp3) is 0.375. The SMILES string of the molecule is CCNCc1nccn1Cc1ccccc1CC(=O)OC. The predicted octanol–water partition coefficient (Wildman–Crippen LogP) is 1.76. The molecule has 0 saturated carbocycles. The molecule has 2 aromatic rings. The molecule has 1 heterocycles. The van der Waals surface area contributed by atoms with Gasteiger partial charge in [0.2, 0.25) is 0 Å². The summed E-state index contributed by atoms with van der Waals surface area (Å²) in [5.41, 5.74) is 2.10. The highest BCUT2D eigenvalue weighted by molar-refractivity contribution is 5.72. The van der Waals surface area contributed by atoms with E-state index in [-0.39, 0.29) is 5.97 Å². The molecule has 1 N–H and O–H groups in total. The van der Waals surface area contributed by atoms with Crippen LogP contribution in [0.5, 0.6) is 0 Å². The van der Waals surface area contributed by atoms with Crippen molar-refractivity contribution < 1.29 is 9.53 Å². The maximum atomic E-state index is 11.5. The number of methoxy groups -OCH3 is 1. The average molecular weight is 287 g/mol. The lowest BCUT2D eigenvalue weighted by atomic mass is 10.0. The van der Waals surface area contributed by atoms with E-state index in [4.69, 9.17) is 4.74 Å². The van der Waals surface area contributed by atoms with Crippen molar-refractivity contribution in [3.63, 3.8) is 0 Å². The Morgan fingerprint density at radius 1 is 1.33 bits per heavy atom. The van der Waals surface area contributed by atoms with Crippen LogP contribution < -0.4 is 5.32 Å². The molecule has 0 aliphatic heterocycles. The third kappa shape index (κ3) is 4.16. The van der Waals surface area contributed by atoms with Gasteiger partial charge in [-0.2, -0.15) is 0 Å². The molecule has 5 heteroatoms. The first-order valence-electron chi connectivity index (χ1n) is 7.09. The van der Waals surface area contributed by atoms with Crippen molar-refractivity contribution >= 4 is 5.97 Å². The van der Waals surface area contributed by atoms with Gasteiger partial charge < -0.3 is 14.6 Å². The first-order valence-corrected chi connectivity index (χ1v) is 7.09. The highest BCUT2D eigenvalue weighted by atomic mass is 16.5. The molecule has 0 fully saturated rings. The van der Waals surface area contributed by atoms with Gasteiger partial charge in [0.1, 0.15) is 5.82 Å². The topological polar surface area (TPSA) is 56.2 Å². The van der Waals surface area contributed by atoms with E-state index in [2.05, 4.69) is 21.8 Å². The molecule has 1 aromatic carbocycles. The highest BCUT2D eigenvalue weighted by Crippen LogP contribution is 2.13. The minimum atomic E-state index is -0.221. The molecule has 0 unspecified atom stereocenters. The van der Waals surface area contributed by atoms with Crippen LogP contribution in [0.2, 0.25) is 0 Å². The summed E-state index contributed by atoms with van der Waals surface area (Å²) in [6, 6.07) is 7.93. The van der Waals surface area contributed by atoms with E-state index < -0.39 is 0 Å². The lowest BCUT2D eigenvalue weighted by molar-refractivity contribution is -0.139. The Kier molecular flexibility index (Phi) is 5.51. The standard InChI is InChI=1S/C16H21N3O2/c1-3-17-11-15-18-8-9-19(15)12-14-7-5-4-6-13(14)10-16(20)21-2/h4-9,17H,3,10-12H2,1-2H3. The summed E-state index contributed by atoms with van der Waals surface area (Å²) in [5.74, 6) is 0.769. The summed E-state index contributed by atoms with van der Waals surface area (Å²) in [7, 11) is 1.41. The molecule has 21 heavy (non-hydrogen) atoms. The summed E-state index contributed by atoms with van der Waals surface area (Å²) in [6.07, 6.45) is 4.06. The van der Waals surface area contributed by atoms with Gasteiger partial charge in [0.25, 0.3) is 0 Å². The van der Waals surface area contributed by atoms with Gasteiger partial charge in [-0.3, -0.25) is 4.79 Å². The van der Waals surface area contributed by atoms with Crippen LogP contribution in [0.1, 0.15) is 23.9 Å². The zero-order valence-corrected chi connectivity index (χ0v) is 12.5. The van der Waals surface area contributed by atoms with E-state index in [0.717, 1.165) is 30.0 Å². The van der Waals surface area contributed by atoms with Gasteiger partial charge in [0.15, 0.2) is 0 Å². The molecule has 112 valence electrons. The number of ether oxygens (including phenoxy) is 1. The van der Waals surface area contributed by atoms with Crippen LogP contribution in [-0.2, 0) is 29.0 Å². The first kappa shape index (κ1) is 15.3. The number of hydrogen-bond donors (Lipinski definition) is 1. The second-order valence-corrected chi connectivity index (χ2v) is 4.77. The van der Waals surface area contributed by atoms with E-state index in [0.29, 0.717) is 13.0 Å². The van der Waals surface area contributed by atoms with Crippen LogP contribution >= 0.6 is 0 Å². The van der Waals surface area contributed by atoms with E-state index in [1.54, 1.807) is 6.20 Å². The molecule has 0 aliphatic carbocycles. The van der Waals surface area contributed by atoms with Crippen molar-refractivity contribution in [2.24, 2.45) is 0 Å². The van der Waals surface area contributed by atoms with Crippen LogP contribution in [0.25, 0.3) is 0 Å². The Labute approximate surface area is 125 Å². The second-order valence-electron chi connectivity index (χ2n) is 4.77. The lowest BCUT2D eigenvalue weighted by Gasteiger charge is -2.12. The van der Waals surface area contributed by atoms with Gasteiger partial charge in [0.05, 0.1) is 20.1 Å². The fourth-order valence-corrected chi connectivity index (χ4v) is 2.18. The number of nitrogens with one attached hydrogen (secondary N) is 1. The fourth-order valence-electron chi connectivity index (χ4n) is 2.18. The van der Waals surface area contributed by atoms with Crippen LogP contribution in [0.3, 0.4) is 0 Å². The summed E-state index contributed by atoms with van der Waals surface area (Å²) < 4.78 is 6.85. The molecular formula is C16H21N3O2. The molecule has 0 bridgehead atoms. The van der Waals surface area contributed by atoms with Gasteiger partial charge in [-0.25, -0.2) is 4.98 Å². The third-order valence-corrected chi connectivity index (χ3v) is 3.36. The molecule has 0 aliphatic rings. The third-order valence-electron chi connectivity index (χ3n) is 3.36. The molecule has 0 atom stereocenters. The van der Waals surface area contributed by atoms with Crippen molar-refractivity contribution in [3.8, 4) is 0 Å². The van der Waals surface area contributed by atoms with E-state index in [1.807, 2.05) is 30.5 Å². The number of imidazole rings is 1. The van der Waals surface area contributed by atoms with Gasteiger partial charge >= 0.3 is 5.97 Å². The smallest absolute Gasteiger partial charge is 0.309 e. The van der Waals surface area contributed by atoms with Crippen molar-refractivity contribution in [2.75, 3.05) is 13.7 Å². The monoisotopic (exact) mass is 287 g/mol. The first-order chi connectivity index (χ1) is 10.2. The Balaban J connectivity index is 2.16. The molecule has 5 nitrogen and oxygen atoms in total. The zero-order chi connectivity index (χ0) is 15.1. The maximum Gasteiger partial charge on any atom is 0.309 e. The summed E-state index contributed by atoms with van der Waals surface area (Å²) in [6.45, 7) is 4.42. The largest absolute Gasteiger partial charge is 0.469 e. The second kappa shape index (κ2) is 7.59. The normalized spacial score (nSPS) is 10.6. The number of carbonyl (C=O) groups is 1. The number of nitrogens with zero attached hydrogens (tertiary/aromatic N) is 2. The Hall–Kier alpha value is -2.14. The summed E-state index contributed by atoms with van der Waals surface area (Å²) in [5, 5.41) is 3.28. The van der Waals surface area contributed by atoms with Gasteiger partial charge in [-0.1, -0.05) is 31.2 Å². The molecular weight excluding hydrogens is 266 g/mol. The van der Waals surface area contributed by atoms with E-state index in [1.165, 1.54) is 7.11 Å². The van der Waals surface area contributed by atoms with Crippen molar-refractivity contribution in [1.82, 2.24) is 14.9 Å². The quantitative estimate of drug-likeness (QED) is 0.788. The van der Waals surface area contributed by atoms with Crippen LogP contribution in [-0.4, -0.2) is 29.2 Å². The molecule has 0 amide bonds. The number of aromatic nitrogens is 2. The van der Waals surface area contributed by atoms with Gasteiger partial charge in [0, 0.05) is 18.9 Å². The van der Waals surface area contributed by atoms with E-state index >= 15 is 0 Å². The van der Waals surface area contributed by atoms with Gasteiger partial charge in [-0.15, -0.1) is 0 Å². The number of benzene rings is 1. The molecule has 0 saturated heterocycles. The predicted molar refractivity (Wildman–Crippen MR) is 80.9 cm³/mol. The number of esters is 1. The Morgan fingerprint density at radius 2 is 2.10 bits per heavy atom. The minimum absolute atomic E-state index is 0.221. The number of rotatable bonds is 7. The number of carbonyl (C=O) groups excluding carboxylic acids is 1. The Morgan fingerprint density at radius 3 is 2.81 bits per heavy atom. The van der Waals surface area contributed by atoms with Crippen molar-refractivity contribution in [2.45, 2.75) is 26.4 Å². The zero-order valence-electron chi connectivity index (χ0n) is 12.5. The van der Waals surface area contributed by atoms with Gasteiger partial charge in [-0.05, 0) is 17.7 Å². The summed E-state index contributed by atoms with van der Waals surface area (Å²) in [4.78, 5) is 15.9. The number of hydrogen-bond acceptors (Lipinski definition) is 4. The average Bonchev–Trinajstić information content (AvgIpc) is 2.94. The highest BCUT2D eigenvalue weighted by Gasteiger charge is 2.09. The van der Waals surface area contributed by atoms with Crippen molar-refractivity contribution in [3.05, 3.63) is 53.6 Å².